The van der Waals surface area contributed by atoms with E-state index in [0.717, 1.165) is 88.8 Å². The molecule has 9 nitrogen and oxygen atoms in total. The van der Waals surface area contributed by atoms with Crippen LogP contribution in [-0.4, -0.2) is 43.2 Å². The number of hydrogen-bond acceptors (Lipinski definition) is 5. The zero-order chi connectivity index (χ0) is 62.1. The molecule has 0 aliphatic carbocycles. The Bertz CT molecular complexity index is 6020. The number of para-hydroxylation sites is 6. The number of hydrogen-bond donors (Lipinski definition) is 0. The van der Waals surface area contributed by atoms with E-state index in [1.165, 1.54) is 60.0 Å². The van der Waals surface area contributed by atoms with Crippen LogP contribution >= 0.6 is 0 Å². The topological polar surface area (TPSA) is 84.2 Å². The van der Waals surface area contributed by atoms with E-state index in [1.54, 1.807) is 0 Å². The molecule has 7 aromatic heterocycles. The van der Waals surface area contributed by atoms with Crippen LogP contribution in [0.2, 0.25) is 0 Å². The lowest BCUT2D eigenvalue weighted by Gasteiger charge is -2.11. The van der Waals surface area contributed by atoms with E-state index in [9.17, 15) is 0 Å². The van der Waals surface area contributed by atoms with Crippen molar-refractivity contribution in [1.82, 2.24) is 43.2 Å². The van der Waals surface area contributed by atoms with Crippen molar-refractivity contribution in [2.45, 2.75) is 0 Å². The van der Waals surface area contributed by atoms with Crippen LogP contribution in [0.3, 0.4) is 0 Å². The number of pyridine rings is 2. The molecule has 0 unspecified atom stereocenters. The minimum Gasteiger partial charge on any atom is -0.309 e. The third kappa shape index (κ3) is 9.05. The first-order chi connectivity index (χ1) is 46.7. The summed E-state index contributed by atoms with van der Waals surface area (Å²) in [6.07, 6.45) is 7.99. The quantitative estimate of drug-likeness (QED) is 0.144. The van der Waals surface area contributed by atoms with Crippen molar-refractivity contribution in [2.75, 3.05) is 0 Å². The highest BCUT2D eigenvalue weighted by Crippen LogP contribution is 2.43. The van der Waals surface area contributed by atoms with Crippen molar-refractivity contribution < 1.29 is 0 Å². The molecule has 0 spiro atoms. The van der Waals surface area contributed by atoms with E-state index in [-0.39, 0.29) is 0 Å². The van der Waals surface area contributed by atoms with Crippen LogP contribution in [0.4, 0.5) is 0 Å². The standard InChI is InChI=1S/C44H28N6.C41H27N3/c1-4-14-29(15-5-1)42-46-43(30-16-6-2-7-17-30)48-44(47-42)50-37-22-12-10-20-33(37)35-26-31(24-25-39(35)50)36-27-45-28-40-41(36)34-21-11-13-23-38(34)49(40)32-18-8-3-9-19-32;1-3-11-28(12-4-1)29-19-22-32(23-20-29)43-37-17-9-7-15-33(37)35-25-30(21-24-39(35)43)36-26-42-27-40-41(36)34-16-8-10-18-38(34)44(40)31-13-5-2-6-14-31/h1-28H;1-27H. The molecular formula is C85H55N9. The summed E-state index contributed by atoms with van der Waals surface area (Å²) in [5.74, 6) is 1.83. The van der Waals surface area contributed by atoms with Crippen molar-refractivity contribution in [2.24, 2.45) is 0 Å². The molecule has 0 saturated heterocycles. The molecule has 0 saturated carbocycles. The average molecular weight is 1200 g/mol. The van der Waals surface area contributed by atoms with Gasteiger partial charge in [0.15, 0.2) is 11.6 Å². The summed E-state index contributed by atoms with van der Waals surface area (Å²) in [5.41, 5.74) is 21.1. The Labute approximate surface area is 540 Å². The summed E-state index contributed by atoms with van der Waals surface area (Å²) in [6.45, 7) is 0. The van der Waals surface area contributed by atoms with Gasteiger partial charge in [0.05, 0.1) is 56.5 Å². The highest BCUT2D eigenvalue weighted by atomic mass is 15.2. The van der Waals surface area contributed by atoms with E-state index >= 15 is 0 Å². The minimum atomic E-state index is 0.575. The minimum absolute atomic E-state index is 0.575. The van der Waals surface area contributed by atoms with Crippen molar-refractivity contribution in [3.05, 3.63) is 334 Å². The molecule has 12 aromatic carbocycles. The Hall–Kier alpha value is -12.9. The van der Waals surface area contributed by atoms with Crippen LogP contribution in [0.1, 0.15) is 0 Å². The van der Waals surface area contributed by atoms with Gasteiger partial charge in [-0.1, -0.05) is 224 Å². The first kappa shape index (κ1) is 54.1. The fourth-order valence-electron chi connectivity index (χ4n) is 14.1. The smallest absolute Gasteiger partial charge is 0.238 e. The molecule has 0 aliphatic rings. The zero-order valence-corrected chi connectivity index (χ0v) is 50.8. The Balaban J connectivity index is 0.000000139. The van der Waals surface area contributed by atoms with Gasteiger partial charge in [0, 0.05) is 94.8 Å². The second-order valence-corrected chi connectivity index (χ2v) is 23.6. The summed E-state index contributed by atoms with van der Waals surface area (Å²) in [5, 5.41) is 9.53. The molecule has 0 bridgehead atoms. The van der Waals surface area contributed by atoms with E-state index < -0.39 is 0 Å². The number of rotatable bonds is 9. The van der Waals surface area contributed by atoms with Gasteiger partial charge in [-0.2, -0.15) is 9.97 Å². The predicted molar refractivity (Wildman–Crippen MR) is 386 cm³/mol. The molecule has 440 valence electrons. The third-order valence-electron chi connectivity index (χ3n) is 18.3. The molecule has 19 rings (SSSR count). The van der Waals surface area contributed by atoms with Gasteiger partial charge in [-0.05, 0) is 107 Å². The van der Waals surface area contributed by atoms with Gasteiger partial charge in [-0.25, -0.2) is 4.98 Å². The largest absolute Gasteiger partial charge is 0.309 e. The molecule has 0 radical (unpaired) electrons. The van der Waals surface area contributed by atoms with Crippen LogP contribution in [0.5, 0.6) is 0 Å². The number of nitrogens with zero attached hydrogens (tertiary/aromatic N) is 9. The molecule has 0 amide bonds. The van der Waals surface area contributed by atoms with Crippen LogP contribution in [0.15, 0.2) is 334 Å². The van der Waals surface area contributed by atoms with E-state index in [1.807, 2.05) is 85.5 Å². The monoisotopic (exact) mass is 1200 g/mol. The summed E-state index contributed by atoms with van der Waals surface area (Å²) in [6, 6.07) is 109. The average Bonchev–Trinajstić information content (AvgIpc) is 1.60. The van der Waals surface area contributed by atoms with Gasteiger partial charge in [0.25, 0.3) is 0 Å². The van der Waals surface area contributed by atoms with Gasteiger partial charge >= 0.3 is 0 Å². The Kier molecular flexibility index (Phi) is 13.0. The Morgan fingerprint density at radius 1 is 0.202 bits per heavy atom. The van der Waals surface area contributed by atoms with Gasteiger partial charge in [-0.3, -0.25) is 14.5 Å². The van der Waals surface area contributed by atoms with Crippen LogP contribution < -0.4 is 0 Å². The summed E-state index contributed by atoms with van der Waals surface area (Å²) in [7, 11) is 0. The maximum absolute atomic E-state index is 5.09. The normalized spacial score (nSPS) is 11.6. The highest BCUT2D eigenvalue weighted by molar-refractivity contribution is 6.19. The number of fused-ring (bicyclic) bond motifs is 12. The first-order valence-electron chi connectivity index (χ1n) is 31.6. The molecule has 0 aliphatic heterocycles. The van der Waals surface area contributed by atoms with Crippen molar-refractivity contribution in [1.29, 1.82) is 0 Å². The molecule has 9 heteroatoms. The maximum Gasteiger partial charge on any atom is 0.238 e. The SMILES string of the molecule is c1ccc(-c2ccc(-n3c4ccccc4c4cc(-c5cncc6c5c5ccccc5n6-c5ccccc5)ccc43)cc2)cc1.c1ccc(-c2nc(-c3ccccc3)nc(-n3c4ccccc4c4cc(-c5cncc6c5c5ccccc5n6-c5ccccc5)ccc43)n2)cc1. The molecule has 94 heavy (non-hydrogen) atoms. The molecule has 0 fully saturated rings. The number of aromatic nitrogens is 9. The number of benzene rings is 12. The van der Waals surface area contributed by atoms with Gasteiger partial charge < -0.3 is 13.7 Å². The predicted octanol–water partition coefficient (Wildman–Crippen LogP) is 21.1. The molecular weight excluding hydrogens is 1150 g/mol. The van der Waals surface area contributed by atoms with E-state index in [2.05, 4.69) is 267 Å². The summed E-state index contributed by atoms with van der Waals surface area (Å²) < 4.78 is 9.17. The Morgan fingerprint density at radius 2 is 0.521 bits per heavy atom. The van der Waals surface area contributed by atoms with E-state index in [4.69, 9.17) is 24.9 Å². The van der Waals surface area contributed by atoms with E-state index in [0.29, 0.717) is 17.6 Å². The molecule has 19 aromatic rings. The third-order valence-corrected chi connectivity index (χ3v) is 18.3. The van der Waals surface area contributed by atoms with Crippen LogP contribution in [-0.2, 0) is 0 Å². The fraction of sp³-hybridized carbons (Fsp3) is 0. The fourth-order valence-corrected chi connectivity index (χ4v) is 14.1. The summed E-state index contributed by atoms with van der Waals surface area (Å²) >= 11 is 0. The first-order valence-corrected chi connectivity index (χ1v) is 31.6. The molecule has 0 N–H and O–H groups in total. The summed E-state index contributed by atoms with van der Waals surface area (Å²) in [4.78, 5) is 24.7. The molecule has 0 atom stereocenters. The lowest BCUT2D eigenvalue weighted by atomic mass is 9.99. The van der Waals surface area contributed by atoms with Crippen LogP contribution in [0, 0.1) is 0 Å². The second-order valence-electron chi connectivity index (χ2n) is 23.6. The lowest BCUT2D eigenvalue weighted by molar-refractivity contribution is 0.953. The maximum atomic E-state index is 5.09. The van der Waals surface area contributed by atoms with Crippen molar-refractivity contribution in [3.8, 4) is 79.2 Å². The van der Waals surface area contributed by atoms with Crippen molar-refractivity contribution in [3.63, 3.8) is 0 Å². The van der Waals surface area contributed by atoms with Crippen molar-refractivity contribution >= 4 is 87.2 Å². The van der Waals surface area contributed by atoms with Gasteiger partial charge in [-0.15, -0.1) is 0 Å². The highest BCUT2D eigenvalue weighted by Gasteiger charge is 2.23. The zero-order valence-electron chi connectivity index (χ0n) is 50.8. The lowest BCUT2D eigenvalue weighted by Crippen LogP contribution is -2.06. The van der Waals surface area contributed by atoms with Gasteiger partial charge in [0.1, 0.15) is 0 Å². The van der Waals surface area contributed by atoms with Crippen LogP contribution in [0.25, 0.3) is 166 Å². The van der Waals surface area contributed by atoms with Gasteiger partial charge in [0.2, 0.25) is 5.95 Å². The second kappa shape index (κ2) is 22.6. The molecule has 7 heterocycles. The Morgan fingerprint density at radius 3 is 0.979 bits per heavy atom.